The number of fused-ring (bicyclic) bond motifs is 1. The molecule has 1 aromatic carbocycles. The molecule has 4 heteroatoms. The Bertz CT molecular complexity index is 475. The number of amides is 1. The first-order valence-corrected chi connectivity index (χ1v) is 6.97. The van der Waals surface area contributed by atoms with Gasteiger partial charge >= 0.3 is 0 Å². The van der Waals surface area contributed by atoms with E-state index in [9.17, 15) is 4.79 Å². The fourth-order valence-electron chi connectivity index (χ4n) is 2.95. The van der Waals surface area contributed by atoms with E-state index in [1.54, 1.807) is 0 Å². The molecule has 2 heterocycles. The summed E-state index contributed by atoms with van der Waals surface area (Å²) in [4.78, 5) is 14.1. The Morgan fingerprint density at radius 1 is 1.42 bits per heavy atom. The standard InChI is InChI=1S/C15H20N2O2/c16-12-5-7-17(10-12)15(18)9-14-13-4-2-1-3-11(13)6-8-19-14/h1-4,12,14H,5-10,16H2/t12-,14?/m0/s1. The van der Waals surface area contributed by atoms with Crippen molar-refractivity contribution < 1.29 is 9.53 Å². The highest BCUT2D eigenvalue weighted by atomic mass is 16.5. The Morgan fingerprint density at radius 2 is 2.26 bits per heavy atom. The predicted octanol–water partition coefficient (Wildman–Crippen LogP) is 1.25. The van der Waals surface area contributed by atoms with Crippen LogP contribution in [0, 0.1) is 0 Å². The van der Waals surface area contributed by atoms with E-state index in [0.717, 1.165) is 19.4 Å². The molecule has 1 unspecified atom stereocenters. The lowest BCUT2D eigenvalue weighted by molar-refractivity contribution is -0.133. The summed E-state index contributed by atoms with van der Waals surface area (Å²) in [5.74, 6) is 0.162. The molecule has 19 heavy (non-hydrogen) atoms. The van der Waals surface area contributed by atoms with Crippen molar-refractivity contribution in [2.24, 2.45) is 5.73 Å². The number of rotatable bonds is 2. The van der Waals surface area contributed by atoms with Crippen LogP contribution in [0.1, 0.15) is 30.1 Å². The number of ether oxygens (including phenoxy) is 1. The molecule has 0 bridgehead atoms. The average Bonchev–Trinajstić information content (AvgIpc) is 2.86. The summed E-state index contributed by atoms with van der Waals surface area (Å²) < 4.78 is 5.78. The second kappa shape index (κ2) is 5.31. The molecule has 3 rings (SSSR count). The van der Waals surface area contributed by atoms with E-state index in [2.05, 4.69) is 12.1 Å². The van der Waals surface area contributed by atoms with Crippen molar-refractivity contribution in [3.05, 3.63) is 35.4 Å². The molecule has 4 nitrogen and oxygen atoms in total. The molecule has 2 atom stereocenters. The van der Waals surface area contributed by atoms with Gasteiger partial charge in [-0.05, 0) is 24.0 Å². The molecular formula is C15H20N2O2. The van der Waals surface area contributed by atoms with Gasteiger partial charge in [-0.1, -0.05) is 24.3 Å². The molecule has 0 radical (unpaired) electrons. The lowest BCUT2D eigenvalue weighted by Crippen LogP contribution is -2.33. The van der Waals surface area contributed by atoms with Gasteiger partial charge in [0, 0.05) is 19.1 Å². The first-order chi connectivity index (χ1) is 9.24. The van der Waals surface area contributed by atoms with Gasteiger partial charge in [-0.15, -0.1) is 0 Å². The van der Waals surface area contributed by atoms with Crippen LogP contribution in [0.2, 0.25) is 0 Å². The molecule has 2 aliphatic heterocycles. The van der Waals surface area contributed by atoms with Gasteiger partial charge in [-0.2, -0.15) is 0 Å². The molecule has 0 spiro atoms. The summed E-state index contributed by atoms with van der Waals surface area (Å²) in [5.41, 5.74) is 8.33. The summed E-state index contributed by atoms with van der Waals surface area (Å²) in [6.07, 6.45) is 2.20. The van der Waals surface area contributed by atoms with Crippen LogP contribution in [0.15, 0.2) is 24.3 Å². The number of nitrogens with two attached hydrogens (primary N) is 1. The maximum Gasteiger partial charge on any atom is 0.225 e. The summed E-state index contributed by atoms with van der Waals surface area (Å²) in [5, 5.41) is 0. The van der Waals surface area contributed by atoms with Gasteiger partial charge in [0.05, 0.1) is 19.1 Å². The van der Waals surface area contributed by atoms with E-state index in [0.29, 0.717) is 19.6 Å². The van der Waals surface area contributed by atoms with E-state index < -0.39 is 0 Å². The van der Waals surface area contributed by atoms with Crippen molar-refractivity contribution in [3.8, 4) is 0 Å². The van der Waals surface area contributed by atoms with Gasteiger partial charge in [-0.25, -0.2) is 0 Å². The third-order valence-electron chi connectivity index (χ3n) is 4.03. The number of carbonyl (C=O) groups excluding carboxylic acids is 1. The maximum absolute atomic E-state index is 12.3. The van der Waals surface area contributed by atoms with Crippen molar-refractivity contribution in [3.63, 3.8) is 0 Å². The molecule has 1 fully saturated rings. The van der Waals surface area contributed by atoms with Crippen LogP contribution in [0.5, 0.6) is 0 Å². The zero-order valence-corrected chi connectivity index (χ0v) is 11.0. The SMILES string of the molecule is N[C@H]1CCN(C(=O)CC2OCCc3ccccc32)C1. The number of benzene rings is 1. The largest absolute Gasteiger partial charge is 0.373 e. The third-order valence-corrected chi connectivity index (χ3v) is 4.03. The van der Waals surface area contributed by atoms with E-state index in [-0.39, 0.29) is 18.1 Å². The fraction of sp³-hybridized carbons (Fsp3) is 0.533. The van der Waals surface area contributed by atoms with Crippen molar-refractivity contribution in [1.82, 2.24) is 4.90 Å². The molecule has 0 saturated carbocycles. The fourth-order valence-corrected chi connectivity index (χ4v) is 2.95. The number of hydrogen-bond acceptors (Lipinski definition) is 3. The van der Waals surface area contributed by atoms with Crippen molar-refractivity contribution in [2.45, 2.75) is 31.4 Å². The average molecular weight is 260 g/mol. The van der Waals surface area contributed by atoms with Crippen molar-refractivity contribution in [1.29, 1.82) is 0 Å². The monoisotopic (exact) mass is 260 g/mol. The van der Waals surface area contributed by atoms with Crippen LogP contribution >= 0.6 is 0 Å². The zero-order chi connectivity index (χ0) is 13.2. The summed E-state index contributed by atoms with van der Waals surface area (Å²) >= 11 is 0. The van der Waals surface area contributed by atoms with Gasteiger partial charge in [0.25, 0.3) is 0 Å². The Balaban J connectivity index is 1.69. The number of likely N-dealkylation sites (tertiary alicyclic amines) is 1. The van der Waals surface area contributed by atoms with Gasteiger partial charge in [0.1, 0.15) is 0 Å². The predicted molar refractivity (Wildman–Crippen MR) is 72.6 cm³/mol. The first kappa shape index (κ1) is 12.6. The molecule has 0 aromatic heterocycles. The maximum atomic E-state index is 12.3. The Labute approximate surface area is 113 Å². The van der Waals surface area contributed by atoms with Crippen LogP contribution < -0.4 is 5.73 Å². The van der Waals surface area contributed by atoms with E-state index in [1.807, 2.05) is 17.0 Å². The van der Waals surface area contributed by atoms with Crippen LogP contribution in [-0.4, -0.2) is 36.5 Å². The van der Waals surface area contributed by atoms with Crippen LogP contribution in [-0.2, 0) is 16.0 Å². The molecule has 1 saturated heterocycles. The van der Waals surface area contributed by atoms with E-state index in [4.69, 9.17) is 10.5 Å². The number of hydrogen-bond donors (Lipinski definition) is 1. The quantitative estimate of drug-likeness (QED) is 0.870. The number of carbonyl (C=O) groups is 1. The Morgan fingerprint density at radius 3 is 3.05 bits per heavy atom. The topological polar surface area (TPSA) is 55.6 Å². The highest BCUT2D eigenvalue weighted by Crippen LogP contribution is 2.30. The molecular weight excluding hydrogens is 240 g/mol. The second-order valence-electron chi connectivity index (χ2n) is 5.40. The normalized spacial score (nSPS) is 26.3. The van der Waals surface area contributed by atoms with Gasteiger partial charge in [0.2, 0.25) is 5.91 Å². The minimum absolute atomic E-state index is 0.0886. The van der Waals surface area contributed by atoms with Crippen molar-refractivity contribution >= 4 is 5.91 Å². The van der Waals surface area contributed by atoms with Crippen molar-refractivity contribution in [2.75, 3.05) is 19.7 Å². The molecule has 0 aliphatic carbocycles. The smallest absolute Gasteiger partial charge is 0.225 e. The second-order valence-corrected chi connectivity index (χ2v) is 5.40. The third kappa shape index (κ3) is 2.65. The minimum Gasteiger partial charge on any atom is -0.373 e. The summed E-state index contributed by atoms with van der Waals surface area (Å²) in [6.45, 7) is 2.18. The van der Waals surface area contributed by atoms with Gasteiger partial charge < -0.3 is 15.4 Å². The lowest BCUT2D eigenvalue weighted by atomic mass is 9.95. The minimum atomic E-state index is -0.0886. The molecule has 2 aliphatic rings. The lowest BCUT2D eigenvalue weighted by Gasteiger charge is -2.27. The van der Waals surface area contributed by atoms with Gasteiger partial charge in [-0.3, -0.25) is 4.79 Å². The van der Waals surface area contributed by atoms with Crippen LogP contribution in [0.3, 0.4) is 0 Å². The first-order valence-electron chi connectivity index (χ1n) is 6.97. The number of nitrogens with zero attached hydrogens (tertiary/aromatic N) is 1. The molecule has 1 aromatic rings. The summed E-state index contributed by atoms with van der Waals surface area (Å²) in [6, 6.07) is 8.39. The highest BCUT2D eigenvalue weighted by Gasteiger charge is 2.28. The zero-order valence-electron chi connectivity index (χ0n) is 11.0. The molecule has 1 amide bonds. The van der Waals surface area contributed by atoms with Gasteiger partial charge in [0.15, 0.2) is 0 Å². The summed E-state index contributed by atoms with van der Waals surface area (Å²) in [7, 11) is 0. The van der Waals surface area contributed by atoms with E-state index >= 15 is 0 Å². The van der Waals surface area contributed by atoms with Crippen LogP contribution in [0.25, 0.3) is 0 Å². The molecule has 102 valence electrons. The molecule has 2 N–H and O–H groups in total. The van der Waals surface area contributed by atoms with E-state index in [1.165, 1.54) is 11.1 Å². The Kier molecular flexibility index (Phi) is 3.53. The Hall–Kier alpha value is -1.39. The van der Waals surface area contributed by atoms with Crippen LogP contribution in [0.4, 0.5) is 0 Å². The highest BCUT2D eigenvalue weighted by molar-refractivity contribution is 5.77.